The Morgan fingerprint density at radius 2 is 1.90 bits per heavy atom. The SMILES string of the molecule is O=C(Oc1ccc(-c2cn3c(n2)sc2cc(Br)c(OC(F)F)cc23)cc1)N1CCCC1. The molecular formula is C21H16BrF2N3O3S. The van der Waals surface area contributed by atoms with E-state index >= 15 is 0 Å². The van der Waals surface area contributed by atoms with E-state index < -0.39 is 6.61 Å². The van der Waals surface area contributed by atoms with Crippen LogP contribution in [0.2, 0.25) is 0 Å². The van der Waals surface area contributed by atoms with Crippen LogP contribution in [0.5, 0.6) is 11.5 Å². The number of alkyl halides is 2. The number of ether oxygens (including phenoxy) is 2. The topological polar surface area (TPSA) is 56.1 Å². The van der Waals surface area contributed by atoms with E-state index in [1.54, 1.807) is 29.2 Å². The maximum atomic E-state index is 12.7. The Balaban J connectivity index is 1.41. The van der Waals surface area contributed by atoms with Gasteiger partial charge in [-0.2, -0.15) is 8.78 Å². The van der Waals surface area contributed by atoms with E-state index in [-0.39, 0.29) is 11.8 Å². The molecule has 2 aromatic carbocycles. The third-order valence-corrected chi connectivity index (χ3v) is 6.72. The number of likely N-dealkylation sites (tertiary alicyclic amines) is 1. The molecule has 3 heterocycles. The van der Waals surface area contributed by atoms with Gasteiger partial charge in [0.25, 0.3) is 0 Å². The van der Waals surface area contributed by atoms with Gasteiger partial charge in [0.2, 0.25) is 0 Å². The summed E-state index contributed by atoms with van der Waals surface area (Å²) in [5.41, 5.74) is 2.31. The monoisotopic (exact) mass is 507 g/mol. The zero-order valence-electron chi connectivity index (χ0n) is 16.1. The number of amides is 1. The van der Waals surface area contributed by atoms with E-state index in [4.69, 9.17) is 4.74 Å². The quantitative estimate of drug-likeness (QED) is 0.331. The van der Waals surface area contributed by atoms with Crippen molar-refractivity contribution in [1.29, 1.82) is 0 Å². The zero-order chi connectivity index (χ0) is 21.5. The minimum atomic E-state index is -2.90. The Morgan fingerprint density at radius 1 is 1.16 bits per heavy atom. The van der Waals surface area contributed by atoms with Crippen LogP contribution in [-0.2, 0) is 0 Å². The van der Waals surface area contributed by atoms with Gasteiger partial charge in [0, 0.05) is 30.9 Å². The molecule has 0 spiro atoms. The van der Waals surface area contributed by atoms with Gasteiger partial charge in [-0.1, -0.05) is 11.3 Å². The van der Waals surface area contributed by atoms with Gasteiger partial charge in [0.15, 0.2) is 4.96 Å². The molecule has 0 unspecified atom stereocenters. The largest absolute Gasteiger partial charge is 0.434 e. The standard InChI is InChI=1S/C21H16BrF2N3O3S/c22-14-9-18-16(10-17(14)30-19(23)24)27-11-15(25-20(27)31-18)12-3-5-13(6-4-12)29-21(28)26-7-1-2-8-26/h3-6,9-11,19H,1-2,7-8H2. The van der Waals surface area contributed by atoms with Crippen LogP contribution in [0.15, 0.2) is 47.1 Å². The number of aromatic nitrogens is 2. The lowest BCUT2D eigenvalue weighted by atomic mass is 10.2. The fourth-order valence-corrected chi connectivity index (χ4v) is 5.20. The van der Waals surface area contributed by atoms with Gasteiger partial charge >= 0.3 is 12.7 Å². The molecular weight excluding hydrogens is 492 g/mol. The summed E-state index contributed by atoms with van der Waals surface area (Å²) in [6.45, 7) is -1.44. The van der Waals surface area contributed by atoms with Crippen molar-refractivity contribution in [1.82, 2.24) is 14.3 Å². The van der Waals surface area contributed by atoms with Crippen LogP contribution < -0.4 is 9.47 Å². The summed E-state index contributed by atoms with van der Waals surface area (Å²) in [4.78, 5) is 19.2. The van der Waals surface area contributed by atoms with E-state index in [2.05, 4.69) is 25.7 Å². The minimum Gasteiger partial charge on any atom is -0.434 e. The van der Waals surface area contributed by atoms with Crippen LogP contribution >= 0.6 is 27.3 Å². The lowest BCUT2D eigenvalue weighted by Gasteiger charge is -2.14. The number of benzene rings is 2. The summed E-state index contributed by atoms with van der Waals surface area (Å²) in [5, 5.41) is 0. The molecule has 0 bridgehead atoms. The molecule has 0 aliphatic carbocycles. The van der Waals surface area contributed by atoms with Crippen molar-refractivity contribution in [3.63, 3.8) is 0 Å². The molecule has 0 saturated carbocycles. The number of fused-ring (bicyclic) bond motifs is 3. The van der Waals surface area contributed by atoms with Gasteiger partial charge < -0.3 is 14.4 Å². The average molecular weight is 508 g/mol. The zero-order valence-corrected chi connectivity index (χ0v) is 18.5. The average Bonchev–Trinajstić information content (AvgIpc) is 3.45. The highest BCUT2D eigenvalue weighted by Crippen LogP contribution is 2.37. The normalized spacial score (nSPS) is 14.1. The van der Waals surface area contributed by atoms with Gasteiger partial charge in [0.05, 0.1) is 20.4 Å². The van der Waals surface area contributed by atoms with Crippen molar-refractivity contribution >= 4 is 48.5 Å². The van der Waals surface area contributed by atoms with Crippen molar-refractivity contribution in [2.75, 3.05) is 13.1 Å². The summed E-state index contributed by atoms with van der Waals surface area (Å²) >= 11 is 4.72. The smallest absolute Gasteiger partial charge is 0.415 e. The van der Waals surface area contributed by atoms with Crippen LogP contribution in [0, 0.1) is 0 Å². The number of thiazole rings is 1. The fraction of sp³-hybridized carbons (Fsp3) is 0.238. The predicted octanol–water partition coefficient (Wildman–Crippen LogP) is 6.17. The third-order valence-electron chi connectivity index (χ3n) is 5.08. The van der Waals surface area contributed by atoms with Gasteiger partial charge in [-0.25, -0.2) is 9.78 Å². The Bertz CT molecular complexity index is 1270. The predicted molar refractivity (Wildman–Crippen MR) is 117 cm³/mol. The molecule has 6 nitrogen and oxygen atoms in total. The van der Waals surface area contributed by atoms with Gasteiger partial charge in [0.1, 0.15) is 11.5 Å². The molecule has 1 fully saturated rings. The lowest BCUT2D eigenvalue weighted by molar-refractivity contribution is -0.0502. The lowest BCUT2D eigenvalue weighted by Crippen LogP contribution is -2.30. The number of imidazole rings is 1. The van der Waals surface area contributed by atoms with Crippen molar-refractivity contribution in [3.8, 4) is 22.8 Å². The molecule has 160 valence electrons. The fourth-order valence-electron chi connectivity index (χ4n) is 3.58. The summed E-state index contributed by atoms with van der Waals surface area (Å²) in [7, 11) is 0. The molecule has 4 aromatic rings. The molecule has 1 aliphatic heterocycles. The molecule has 1 aliphatic rings. The molecule has 2 aromatic heterocycles. The van der Waals surface area contributed by atoms with Gasteiger partial charge in [-0.05, 0) is 59.1 Å². The minimum absolute atomic E-state index is 0.0709. The number of hydrogen-bond acceptors (Lipinski definition) is 5. The van der Waals surface area contributed by atoms with E-state index in [0.29, 0.717) is 10.2 Å². The summed E-state index contributed by atoms with van der Waals surface area (Å²) < 4.78 is 38.6. The van der Waals surface area contributed by atoms with Crippen LogP contribution in [-0.4, -0.2) is 40.1 Å². The van der Waals surface area contributed by atoms with E-state index in [1.807, 2.05) is 22.7 Å². The maximum Gasteiger partial charge on any atom is 0.415 e. The van der Waals surface area contributed by atoms with Gasteiger partial charge in [-0.3, -0.25) is 4.40 Å². The highest BCUT2D eigenvalue weighted by molar-refractivity contribution is 9.10. The van der Waals surface area contributed by atoms with E-state index in [9.17, 15) is 13.6 Å². The Morgan fingerprint density at radius 3 is 2.61 bits per heavy atom. The highest BCUT2D eigenvalue weighted by Gasteiger charge is 2.20. The summed E-state index contributed by atoms with van der Waals surface area (Å²) in [6, 6.07) is 10.5. The van der Waals surface area contributed by atoms with Crippen LogP contribution in [0.4, 0.5) is 13.6 Å². The second-order valence-electron chi connectivity index (χ2n) is 7.10. The Labute approximate surface area is 188 Å². The Kier molecular flexibility index (Phi) is 5.27. The van der Waals surface area contributed by atoms with Crippen LogP contribution in [0.25, 0.3) is 26.4 Å². The highest BCUT2D eigenvalue weighted by atomic mass is 79.9. The second kappa shape index (κ2) is 8.08. The molecule has 0 atom stereocenters. The molecule has 10 heteroatoms. The first-order chi connectivity index (χ1) is 15.0. The van der Waals surface area contributed by atoms with Crippen molar-refractivity contribution in [3.05, 3.63) is 47.1 Å². The number of hydrogen-bond donors (Lipinski definition) is 0. The number of carbonyl (C=O) groups excluding carboxylic acids is 1. The number of halogens is 3. The summed E-state index contributed by atoms with van der Waals surface area (Å²) in [5.74, 6) is 0.549. The first-order valence-electron chi connectivity index (χ1n) is 9.61. The Hall–Kier alpha value is -2.72. The van der Waals surface area contributed by atoms with Crippen molar-refractivity contribution < 1.29 is 23.0 Å². The molecule has 31 heavy (non-hydrogen) atoms. The maximum absolute atomic E-state index is 12.7. The number of carbonyl (C=O) groups is 1. The van der Waals surface area contributed by atoms with E-state index in [0.717, 1.165) is 52.4 Å². The second-order valence-corrected chi connectivity index (χ2v) is 8.96. The molecule has 1 saturated heterocycles. The molecule has 5 rings (SSSR count). The third kappa shape index (κ3) is 3.97. The first kappa shape index (κ1) is 20.2. The van der Waals surface area contributed by atoms with Crippen molar-refractivity contribution in [2.24, 2.45) is 0 Å². The first-order valence-corrected chi connectivity index (χ1v) is 11.2. The van der Waals surface area contributed by atoms with Gasteiger partial charge in [-0.15, -0.1) is 0 Å². The van der Waals surface area contributed by atoms with Crippen LogP contribution in [0.1, 0.15) is 12.8 Å². The number of nitrogens with zero attached hydrogens (tertiary/aromatic N) is 3. The van der Waals surface area contributed by atoms with Crippen LogP contribution in [0.3, 0.4) is 0 Å². The molecule has 0 radical (unpaired) electrons. The molecule has 0 N–H and O–H groups in total. The summed E-state index contributed by atoms with van der Waals surface area (Å²) in [6.07, 6.45) is 3.53. The van der Waals surface area contributed by atoms with Crippen molar-refractivity contribution in [2.45, 2.75) is 19.5 Å². The molecule has 1 amide bonds. The number of rotatable bonds is 4. The van der Waals surface area contributed by atoms with E-state index in [1.165, 1.54) is 11.3 Å².